The summed E-state index contributed by atoms with van der Waals surface area (Å²) in [5.74, 6) is 0. The van der Waals surface area contributed by atoms with Crippen molar-refractivity contribution in [2.75, 3.05) is 0 Å². The topological polar surface area (TPSA) is 13.1 Å². The Morgan fingerprint density at radius 2 is 1.41 bits per heavy atom. The Labute approximate surface area is 164 Å². The van der Waals surface area contributed by atoms with Crippen molar-refractivity contribution in [1.29, 1.82) is 0 Å². The van der Waals surface area contributed by atoms with Crippen molar-refractivity contribution in [2.45, 2.75) is 0 Å². The van der Waals surface area contributed by atoms with Gasteiger partial charge in [-0.15, -0.1) is 11.3 Å². The van der Waals surface area contributed by atoms with Crippen LogP contribution >= 0.6 is 22.9 Å². The van der Waals surface area contributed by atoms with Gasteiger partial charge in [0.05, 0.1) is 0 Å². The highest BCUT2D eigenvalue weighted by Crippen LogP contribution is 2.40. The predicted octanol–water partition coefficient (Wildman–Crippen LogP) is 8.27. The van der Waals surface area contributed by atoms with E-state index in [1.54, 1.807) is 11.3 Å². The summed E-state index contributed by atoms with van der Waals surface area (Å²) in [5.41, 5.74) is 4.22. The van der Waals surface area contributed by atoms with Gasteiger partial charge in [-0.05, 0) is 53.6 Å². The van der Waals surface area contributed by atoms with E-state index in [1.807, 2.05) is 24.3 Å². The van der Waals surface area contributed by atoms with Crippen LogP contribution in [0, 0.1) is 0 Å². The van der Waals surface area contributed by atoms with Crippen LogP contribution in [-0.2, 0) is 0 Å². The second-order valence-electron chi connectivity index (χ2n) is 6.74. The molecule has 0 saturated carbocycles. The Kier molecular flexibility index (Phi) is 3.16. The zero-order chi connectivity index (χ0) is 18.0. The molecule has 0 fully saturated rings. The molecule has 0 radical (unpaired) electrons. The molecule has 1 nitrogen and oxygen atoms in total. The molecular formula is C24H13ClOS. The predicted molar refractivity (Wildman–Crippen MR) is 117 cm³/mol. The van der Waals surface area contributed by atoms with E-state index in [4.69, 9.17) is 16.0 Å². The Bertz CT molecular complexity index is 1490. The van der Waals surface area contributed by atoms with E-state index in [1.165, 1.54) is 25.9 Å². The average molecular weight is 385 g/mol. The van der Waals surface area contributed by atoms with Gasteiger partial charge in [-0.25, -0.2) is 0 Å². The highest BCUT2D eigenvalue weighted by molar-refractivity contribution is 7.26. The molecule has 0 atom stereocenters. The fourth-order valence-electron chi connectivity index (χ4n) is 3.87. The van der Waals surface area contributed by atoms with Gasteiger partial charge in [0.1, 0.15) is 11.2 Å². The minimum absolute atomic E-state index is 0.812. The zero-order valence-corrected chi connectivity index (χ0v) is 15.8. The van der Waals surface area contributed by atoms with Crippen molar-refractivity contribution in [3.05, 3.63) is 83.9 Å². The van der Waals surface area contributed by atoms with Crippen LogP contribution in [0.1, 0.15) is 0 Å². The third kappa shape index (κ3) is 2.24. The van der Waals surface area contributed by atoms with E-state index in [0.29, 0.717) is 0 Å². The van der Waals surface area contributed by atoms with Gasteiger partial charge >= 0.3 is 0 Å². The number of furan rings is 1. The minimum atomic E-state index is 0.812. The summed E-state index contributed by atoms with van der Waals surface area (Å²) < 4.78 is 8.45. The second-order valence-corrected chi connectivity index (χ2v) is 8.23. The average Bonchev–Trinajstić information content (AvgIpc) is 3.25. The lowest BCUT2D eigenvalue weighted by atomic mass is 10.0. The number of thiophene rings is 1. The molecular weight excluding hydrogens is 372 g/mol. The van der Waals surface area contributed by atoms with Crippen molar-refractivity contribution in [2.24, 2.45) is 0 Å². The molecule has 0 spiro atoms. The standard InChI is InChI=1S/C24H13ClOS/c25-19-5-3-7-23-24(19)18-13-15(9-11-22(18)27-23)14-8-10-21-17(12-14)16-4-1-2-6-20(16)26-21/h1-13H. The summed E-state index contributed by atoms with van der Waals surface area (Å²) in [5, 5.41) is 5.48. The van der Waals surface area contributed by atoms with Crippen LogP contribution in [0.2, 0.25) is 5.02 Å². The Balaban J connectivity index is 1.62. The van der Waals surface area contributed by atoms with Gasteiger partial charge < -0.3 is 4.42 Å². The Hall–Kier alpha value is -2.81. The second kappa shape index (κ2) is 5.59. The lowest BCUT2D eigenvalue weighted by Gasteiger charge is -2.03. The van der Waals surface area contributed by atoms with E-state index in [9.17, 15) is 0 Å². The highest BCUT2D eigenvalue weighted by Gasteiger charge is 2.11. The number of fused-ring (bicyclic) bond motifs is 6. The van der Waals surface area contributed by atoms with Gasteiger partial charge in [0.2, 0.25) is 0 Å². The van der Waals surface area contributed by atoms with Crippen molar-refractivity contribution >= 4 is 65.0 Å². The maximum Gasteiger partial charge on any atom is 0.135 e. The Morgan fingerprint density at radius 3 is 2.33 bits per heavy atom. The first-order valence-corrected chi connectivity index (χ1v) is 10.00. The SMILES string of the molecule is Clc1cccc2sc3ccc(-c4ccc5oc6ccccc6c5c4)cc3c12. The molecule has 0 amide bonds. The molecule has 0 aliphatic rings. The molecule has 3 heteroatoms. The molecule has 0 N–H and O–H groups in total. The molecule has 0 saturated heterocycles. The molecule has 4 aromatic carbocycles. The molecule has 6 rings (SSSR count). The van der Waals surface area contributed by atoms with E-state index in [2.05, 4.69) is 54.6 Å². The lowest BCUT2D eigenvalue weighted by molar-refractivity contribution is 0.669. The van der Waals surface area contributed by atoms with E-state index in [0.717, 1.165) is 32.3 Å². The van der Waals surface area contributed by atoms with Crippen LogP contribution in [0.25, 0.3) is 53.2 Å². The molecule has 6 aromatic rings. The summed E-state index contributed by atoms with van der Waals surface area (Å²) in [7, 11) is 0. The van der Waals surface area contributed by atoms with Gasteiger partial charge in [0, 0.05) is 36.0 Å². The van der Waals surface area contributed by atoms with Gasteiger partial charge in [0.25, 0.3) is 0 Å². The fourth-order valence-corrected chi connectivity index (χ4v) is 5.31. The van der Waals surface area contributed by atoms with Crippen LogP contribution in [0.5, 0.6) is 0 Å². The summed E-state index contributed by atoms with van der Waals surface area (Å²) in [6.07, 6.45) is 0. The van der Waals surface area contributed by atoms with Crippen LogP contribution in [0.3, 0.4) is 0 Å². The van der Waals surface area contributed by atoms with Crippen molar-refractivity contribution in [3.8, 4) is 11.1 Å². The van der Waals surface area contributed by atoms with E-state index in [-0.39, 0.29) is 0 Å². The smallest absolute Gasteiger partial charge is 0.135 e. The third-order valence-corrected chi connectivity index (χ3v) is 6.61. The van der Waals surface area contributed by atoms with Crippen LogP contribution in [-0.4, -0.2) is 0 Å². The maximum atomic E-state index is 6.50. The van der Waals surface area contributed by atoms with E-state index < -0.39 is 0 Å². The molecule has 2 heterocycles. The van der Waals surface area contributed by atoms with E-state index >= 15 is 0 Å². The first kappa shape index (κ1) is 15.3. The van der Waals surface area contributed by atoms with Gasteiger partial charge in [-0.1, -0.05) is 48.0 Å². The molecule has 0 unspecified atom stereocenters. The molecule has 0 bridgehead atoms. The van der Waals surface area contributed by atoms with Crippen LogP contribution < -0.4 is 0 Å². The van der Waals surface area contributed by atoms with Crippen molar-refractivity contribution in [1.82, 2.24) is 0 Å². The summed E-state index contributed by atoms with van der Waals surface area (Å²) >= 11 is 8.28. The number of para-hydroxylation sites is 1. The van der Waals surface area contributed by atoms with Crippen LogP contribution in [0.4, 0.5) is 0 Å². The first-order valence-electron chi connectivity index (χ1n) is 8.80. The Morgan fingerprint density at radius 1 is 0.630 bits per heavy atom. The minimum Gasteiger partial charge on any atom is -0.456 e. The van der Waals surface area contributed by atoms with Gasteiger partial charge in [0.15, 0.2) is 0 Å². The number of halogens is 1. The number of hydrogen-bond acceptors (Lipinski definition) is 2. The quantitative estimate of drug-likeness (QED) is 0.278. The zero-order valence-electron chi connectivity index (χ0n) is 14.2. The molecule has 128 valence electrons. The van der Waals surface area contributed by atoms with Gasteiger partial charge in [-0.3, -0.25) is 0 Å². The maximum absolute atomic E-state index is 6.50. The molecule has 2 aromatic heterocycles. The fraction of sp³-hybridized carbons (Fsp3) is 0. The van der Waals surface area contributed by atoms with Crippen molar-refractivity contribution < 1.29 is 4.42 Å². The van der Waals surface area contributed by atoms with Gasteiger partial charge in [-0.2, -0.15) is 0 Å². The summed E-state index contributed by atoms with van der Waals surface area (Å²) in [4.78, 5) is 0. The summed E-state index contributed by atoms with van der Waals surface area (Å²) in [6.45, 7) is 0. The molecule has 27 heavy (non-hydrogen) atoms. The van der Waals surface area contributed by atoms with Crippen molar-refractivity contribution in [3.63, 3.8) is 0 Å². The molecule has 0 aliphatic heterocycles. The number of rotatable bonds is 1. The number of benzene rings is 4. The highest BCUT2D eigenvalue weighted by atomic mass is 35.5. The molecule has 0 aliphatic carbocycles. The number of hydrogen-bond donors (Lipinski definition) is 0. The first-order chi connectivity index (χ1) is 13.3. The largest absolute Gasteiger partial charge is 0.456 e. The monoisotopic (exact) mass is 384 g/mol. The summed E-state index contributed by atoms with van der Waals surface area (Å²) in [6, 6.07) is 27.3. The van der Waals surface area contributed by atoms with Crippen LogP contribution in [0.15, 0.2) is 83.3 Å². The lowest BCUT2D eigenvalue weighted by Crippen LogP contribution is -1.78. The third-order valence-electron chi connectivity index (χ3n) is 5.15. The normalized spacial score (nSPS) is 11.9.